The first-order chi connectivity index (χ1) is 19.7. The molecule has 0 aliphatic rings. The van der Waals surface area contributed by atoms with E-state index in [-0.39, 0.29) is 29.6 Å². The van der Waals surface area contributed by atoms with E-state index in [2.05, 4.69) is 14.2 Å². The number of halogens is 18. The van der Waals surface area contributed by atoms with Crippen molar-refractivity contribution in [3.05, 3.63) is 17.7 Å². The van der Waals surface area contributed by atoms with E-state index in [0.29, 0.717) is 0 Å². The second-order valence-corrected chi connectivity index (χ2v) is 9.55. The number of hydrogen-bond acceptors (Lipinski definition) is 7. The minimum atomic E-state index is -6.71. The number of carbonyl (C=O) groups is 1. The molecule has 46 heavy (non-hydrogen) atoms. The molecule has 1 aromatic rings. The van der Waals surface area contributed by atoms with E-state index in [0.717, 1.165) is 0 Å². The molecule has 1 aromatic carbocycles. The number of amides is 1. The molecule has 1 N–H and O–H groups in total. The van der Waals surface area contributed by atoms with Gasteiger partial charge in [0.15, 0.2) is 11.5 Å². The fourth-order valence-electron chi connectivity index (χ4n) is 2.51. The molecule has 0 fully saturated rings. The topological polar surface area (TPSA) is 114 Å². The summed E-state index contributed by atoms with van der Waals surface area (Å²) in [7, 11) is -5.20. The Balaban J connectivity index is 0.0000202. The molecule has 262 valence electrons. The number of hydrogen-bond donors (Lipinski definition) is 1. The molecule has 0 aromatic heterocycles. The Kier molecular flexibility index (Phi) is 13.8. The van der Waals surface area contributed by atoms with Crippen molar-refractivity contribution < 1.29 is 141 Å². The number of ether oxygens (including phenoxy) is 3. The summed E-state index contributed by atoms with van der Waals surface area (Å²) >= 11 is 0. The molecule has 0 spiro atoms. The van der Waals surface area contributed by atoms with Crippen LogP contribution in [0.4, 0.5) is 79.0 Å². The minimum absolute atomic E-state index is 0. The van der Waals surface area contributed by atoms with Crippen molar-refractivity contribution in [3.8, 4) is 17.2 Å². The molecule has 0 saturated heterocycles. The summed E-state index contributed by atoms with van der Waals surface area (Å²) in [6, 6.07) is -1.38. The first kappa shape index (κ1) is 43.7. The minimum Gasteiger partial charge on any atom is -0.748 e. The summed E-state index contributed by atoms with van der Waals surface area (Å²) in [5.41, 5.74) is -1.83. The maximum absolute atomic E-state index is 14.0. The first-order valence-electron chi connectivity index (χ1n) is 10.4. The van der Waals surface area contributed by atoms with Crippen molar-refractivity contribution in [2.24, 2.45) is 0 Å². The molecule has 0 bridgehead atoms. The normalized spacial score (nSPS) is 15.7. The van der Waals surface area contributed by atoms with E-state index >= 15 is 0 Å². The van der Waals surface area contributed by atoms with Crippen LogP contribution in [0.5, 0.6) is 17.2 Å². The van der Waals surface area contributed by atoms with Crippen molar-refractivity contribution in [2.45, 2.75) is 55.4 Å². The molecule has 0 aliphatic carbocycles. The van der Waals surface area contributed by atoms with Gasteiger partial charge in [0.1, 0.15) is 0 Å². The van der Waals surface area contributed by atoms with E-state index < -0.39 is 119 Å². The third kappa shape index (κ3) is 12.1. The third-order valence-electron chi connectivity index (χ3n) is 4.40. The van der Waals surface area contributed by atoms with Gasteiger partial charge >= 0.3 is 66.4 Å². The van der Waals surface area contributed by atoms with Crippen LogP contribution >= 0.6 is 0 Å². The van der Waals surface area contributed by atoms with Gasteiger partial charge in [-0.25, -0.2) is 21.6 Å². The average molecular weight is 749 g/mol. The smallest absolute Gasteiger partial charge is 0.748 e. The van der Waals surface area contributed by atoms with Gasteiger partial charge in [-0.1, -0.05) is 0 Å². The van der Waals surface area contributed by atoms with Gasteiger partial charge < -0.3 is 24.1 Å². The van der Waals surface area contributed by atoms with Crippen molar-refractivity contribution >= 4 is 16.0 Å². The van der Waals surface area contributed by atoms with Crippen LogP contribution in [0, 0.1) is 0 Å². The number of carbonyl (C=O) groups excluding carboxylic acids is 1. The molecule has 1 amide bonds. The Morgan fingerprint density at radius 3 is 1.26 bits per heavy atom. The molecule has 0 aliphatic heterocycles. The van der Waals surface area contributed by atoms with Gasteiger partial charge in [-0.3, -0.25) is 4.79 Å². The molecule has 3 atom stereocenters. The summed E-state index contributed by atoms with van der Waals surface area (Å²) in [6.07, 6.45) is -56.3. The van der Waals surface area contributed by atoms with Crippen LogP contribution in [-0.4, -0.2) is 86.5 Å². The third-order valence-corrected chi connectivity index (χ3v) is 5.10. The Hall–Kier alpha value is -2.26. The molecule has 0 heterocycles. The maximum Gasteiger partial charge on any atom is 1.00 e. The van der Waals surface area contributed by atoms with Gasteiger partial charge in [0.25, 0.3) is 24.4 Å². The van der Waals surface area contributed by atoms with Crippen LogP contribution in [0.1, 0.15) is 10.4 Å². The van der Waals surface area contributed by atoms with Crippen molar-refractivity contribution in [3.63, 3.8) is 0 Å². The molecule has 1 rings (SSSR count). The SMILES string of the molecule is O=C(NCCS(=O)(=O)[O-])c1cc(OC(F)(F)C(F)C(F)(F)F)c(OC(F)(F)C(F)C(F)(F)F)c(OC(F)(F)C(F)C(F)(F)F)c1.[Na+]. The average Bonchev–Trinajstić information content (AvgIpc) is 2.81. The Labute approximate surface area is 264 Å². The van der Waals surface area contributed by atoms with Gasteiger partial charge in [-0.15, -0.1) is 0 Å². The van der Waals surface area contributed by atoms with Crippen LogP contribution in [-0.2, 0) is 10.1 Å². The number of alkyl halides is 18. The summed E-state index contributed by atoms with van der Waals surface area (Å²) < 4.78 is 278. The van der Waals surface area contributed by atoms with Crippen LogP contribution in [0.15, 0.2) is 12.1 Å². The van der Waals surface area contributed by atoms with Crippen LogP contribution in [0.3, 0.4) is 0 Å². The Morgan fingerprint density at radius 2 is 0.978 bits per heavy atom. The van der Waals surface area contributed by atoms with Gasteiger partial charge in [0.2, 0.25) is 5.75 Å². The Morgan fingerprint density at radius 1 is 0.674 bits per heavy atom. The summed E-state index contributed by atoms with van der Waals surface area (Å²) in [4.78, 5) is 12.2. The largest absolute Gasteiger partial charge is 1.00 e. The van der Waals surface area contributed by atoms with Gasteiger partial charge in [0.05, 0.1) is 15.9 Å². The second kappa shape index (κ2) is 14.5. The zero-order valence-corrected chi connectivity index (χ0v) is 24.2. The second-order valence-electron chi connectivity index (χ2n) is 8.02. The molecule has 0 saturated carbocycles. The number of rotatable bonds is 13. The van der Waals surface area contributed by atoms with Crippen molar-refractivity contribution in [2.75, 3.05) is 12.3 Å². The van der Waals surface area contributed by atoms with E-state index in [1.54, 1.807) is 0 Å². The van der Waals surface area contributed by atoms with Gasteiger partial charge in [-0.2, -0.15) is 65.9 Å². The fourth-order valence-corrected chi connectivity index (χ4v) is 2.86. The molecular weight excluding hydrogens is 739 g/mol. The molecule has 28 heteroatoms. The van der Waals surface area contributed by atoms with E-state index in [9.17, 15) is 96.8 Å². The monoisotopic (exact) mass is 749 g/mol. The zero-order chi connectivity index (χ0) is 35.8. The molecule has 0 radical (unpaired) electrons. The van der Waals surface area contributed by atoms with E-state index in [1.165, 1.54) is 5.32 Å². The van der Waals surface area contributed by atoms with Gasteiger partial charge in [-0.05, 0) is 12.1 Å². The van der Waals surface area contributed by atoms with E-state index in [1.807, 2.05) is 0 Å². The molecule has 8 nitrogen and oxygen atoms in total. The van der Waals surface area contributed by atoms with E-state index in [4.69, 9.17) is 0 Å². The molecular formula is C18H10F18NNaO7S. The predicted octanol–water partition coefficient (Wildman–Crippen LogP) is 2.58. The van der Waals surface area contributed by atoms with Crippen LogP contribution in [0.25, 0.3) is 0 Å². The predicted molar refractivity (Wildman–Crippen MR) is 103 cm³/mol. The van der Waals surface area contributed by atoms with Crippen molar-refractivity contribution in [1.82, 2.24) is 5.32 Å². The maximum atomic E-state index is 14.0. The number of benzene rings is 1. The van der Waals surface area contributed by atoms with Crippen LogP contribution in [0.2, 0.25) is 0 Å². The zero-order valence-electron chi connectivity index (χ0n) is 21.4. The molecule has 3 unspecified atom stereocenters. The summed E-state index contributed by atoms with van der Waals surface area (Å²) in [6.45, 7) is -1.32. The number of nitrogens with one attached hydrogen (secondary N) is 1. The standard InChI is InChI=1S/C18H11F18NO7S.Na/c19-10(13(22,23)24)16(31,32)42-6-3-5(9(38)37-1-2-45(39,40)41)4-7(43-17(33,34)11(20)14(25,26)27)8(6)44-18(35,36)12(21)15(28,29)30;/h3-4,10-12H,1-2H2,(H,37,38)(H,39,40,41);/q;+1/p-1. The quantitative estimate of drug-likeness (QED) is 0.188. The summed E-state index contributed by atoms with van der Waals surface area (Å²) in [5, 5.41) is 1.33. The Bertz CT molecular complexity index is 1260. The van der Waals surface area contributed by atoms with Gasteiger partial charge in [0, 0.05) is 12.1 Å². The summed E-state index contributed by atoms with van der Waals surface area (Å²) in [5.74, 6) is -12.6. The van der Waals surface area contributed by atoms with Crippen LogP contribution < -0.4 is 49.1 Å². The fraction of sp³-hybridized carbons (Fsp3) is 0.611. The van der Waals surface area contributed by atoms with Crippen molar-refractivity contribution in [1.29, 1.82) is 0 Å². The first-order valence-corrected chi connectivity index (χ1v) is 12.0.